The van der Waals surface area contributed by atoms with Crippen LogP contribution in [0.25, 0.3) is 21.3 Å². The van der Waals surface area contributed by atoms with Crippen LogP contribution in [0.1, 0.15) is 5.56 Å². The molecule has 1 N–H and O–H groups in total. The first-order chi connectivity index (χ1) is 13.2. The number of aryl methyl sites for hydroxylation is 1. The van der Waals surface area contributed by atoms with Gasteiger partial charge in [-0.25, -0.2) is 9.97 Å². The molecular formula is C21H17N3OS2. The Balaban J connectivity index is 1.55. The molecule has 0 radical (unpaired) electrons. The molecule has 2 aromatic carbocycles. The summed E-state index contributed by atoms with van der Waals surface area (Å²) in [5.41, 5.74) is 4.17. The van der Waals surface area contributed by atoms with E-state index in [-0.39, 0.29) is 5.91 Å². The third-order valence-electron chi connectivity index (χ3n) is 4.06. The lowest BCUT2D eigenvalue weighted by molar-refractivity contribution is -0.113. The van der Waals surface area contributed by atoms with Crippen molar-refractivity contribution in [2.45, 2.75) is 11.9 Å². The first-order valence-electron chi connectivity index (χ1n) is 8.47. The number of anilines is 1. The zero-order valence-electron chi connectivity index (χ0n) is 14.7. The van der Waals surface area contributed by atoms with Crippen molar-refractivity contribution in [3.8, 4) is 11.1 Å². The fourth-order valence-corrected chi connectivity index (χ4v) is 4.63. The van der Waals surface area contributed by atoms with Gasteiger partial charge in [-0.15, -0.1) is 11.3 Å². The van der Waals surface area contributed by atoms with Gasteiger partial charge in [0.2, 0.25) is 5.91 Å². The minimum atomic E-state index is -0.0474. The summed E-state index contributed by atoms with van der Waals surface area (Å²) in [6.45, 7) is 2.00. The van der Waals surface area contributed by atoms with Crippen LogP contribution in [-0.4, -0.2) is 21.6 Å². The molecule has 0 aliphatic carbocycles. The number of hydrogen-bond acceptors (Lipinski definition) is 5. The summed E-state index contributed by atoms with van der Waals surface area (Å²) < 4.78 is 0. The van der Waals surface area contributed by atoms with Gasteiger partial charge in [-0.3, -0.25) is 4.79 Å². The molecule has 4 aromatic rings. The van der Waals surface area contributed by atoms with Crippen LogP contribution >= 0.6 is 23.1 Å². The molecule has 6 heteroatoms. The summed E-state index contributed by atoms with van der Waals surface area (Å²) in [5, 5.41) is 6.89. The lowest BCUT2D eigenvalue weighted by Crippen LogP contribution is -2.14. The molecule has 0 atom stereocenters. The molecule has 1 amide bonds. The number of aromatic nitrogens is 2. The van der Waals surface area contributed by atoms with Gasteiger partial charge >= 0.3 is 0 Å². The van der Waals surface area contributed by atoms with Gasteiger partial charge in [0.1, 0.15) is 16.2 Å². The highest BCUT2D eigenvalue weighted by Gasteiger charge is 2.14. The predicted molar refractivity (Wildman–Crippen MR) is 113 cm³/mol. The molecule has 0 bridgehead atoms. The van der Waals surface area contributed by atoms with Gasteiger partial charge < -0.3 is 5.32 Å². The largest absolute Gasteiger partial charge is 0.325 e. The Morgan fingerprint density at radius 2 is 1.96 bits per heavy atom. The van der Waals surface area contributed by atoms with E-state index in [2.05, 4.69) is 32.8 Å². The molecule has 4 rings (SSSR count). The van der Waals surface area contributed by atoms with E-state index in [0.717, 1.165) is 37.6 Å². The second-order valence-electron chi connectivity index (χ2n) is 6.08. The fourth-order valence-electron chi connectivity index (χ4n) is 2.84. The SMILES string of the molecule is Cc1cccc(NC(=O)CSc2ncnc3scc(-c4ccccc4)c23)c1. The molecule has 27 heavy (non-hydrogen) atoms. The van der Waals surface area contributed by atoms with Crippen molar-refractivity contribution in [3.05, 3.63) is 71.9 Å². The van der Waals surface area contributed by atoms with Crippen LogP contribution in [0, 0.1) is 6.92 Å². The lowest BCUT2D eigenvalue weighted by atomic mass is 10.1. The van der Waals surface area contributed by atoms with E-state index in [1.807, 2.05) is 49.4 Å². The molecule has 0 unspecified atom stereocenters. The predicted octanol–water partition coefficient (Wildman–Crippen LogP) is 5.40. The van der Waals surface area contributed by atoms with Gasteiger partial charge in [0.25, 0.3) is 0 Å². The molecule has 134 valence electrons. The number of amides is 1. The number of thiophene rings is 1. The lowest BCUT2D eigenvalue weighted by Gasteiger charge is -2.07. The maximum Gasteiger partial charge on any atom is 0.234 e. The van der Waals surface area contributed by atoms with Crippen molar-refractivity contribution in [3.63, 3.8) is 0 Å². The Hall–Kier alpha value is -2.70. The molecule has 2 heterocycles. The van der Waals surface area contributed by atoms with Gasteiger partial charge in [-0.1, -0.05) is 54.2 Å². The van der Waals surface area contributed by atoms with Gasteiger partial charge in [0.15, 0.2) is 0 Å². The second-order valence-corrected chi connectivity index (χ2v) is 7.90. The van der Waals surface area contributed by atoms with E-state index in [1.165, 1.54) is 11.8 Å². The molecule has 0 aliphatic rings. The highest BCUT2D eigenvalue weighted by molar-refractivity contribution is 8.00. The van der Waals surface area contributed by atoms with Crippen molar-refractivity contribution in [2.75, 3.05) is 11.1 Å². The van der Waals surface area contributed by atoms with E-state index in [9.17, 15) is 4.79 Å². The third-order valence-corrected chi connectivity index (χ3v) is 5.94. The average molecular weight is 392 g/mol. The topological polar surface area (TPSA) is 54.9 Å². The highest BCUT2D eigenvalue weighted by atomic mass is 32.2. The molecule has 0 aliphatic heterocycles. The van der Waals surface area contributed by atoms with Gasteiger partial charge in [-0.05, 0) is 30.2 Å². The quantitative estimate of drug-likeness (QED) is 0.366. The number of carbonyl (C=O) groups is 1. The number of fused-ring (bicyclic) bond motifs is 1. The monoisotopic (exact) mass is 391 g/mol. The molecule has 2 aromatic heterocycles. The number of nitrogens with one attached hydrogen (secondary N) is 1. The van der Waals surface area contributed by atoms with Crippen LogP contribution in [0.3, 0.4) is 0 Å². The summed E-state index contributed by atoms with van der Waals surface area (Å²) in [7, 11) is 0. The minimum absolute atomic E-state index is 0.0474. The zero-order valence-corrected chi connectivity index (χ0v) is 16.3. The molecule has 0 spiro atoms. The zero-order chi connectivity index (χ0) is 18.6. The standard InChI is InChI=1S/C21H17N3OS2/c1-14-6-5-9-16(10-14)24-18(25)12-27-21-19-17(15-7-3-2-4-8-15)11-26-20(19)22-13-23-21/h2-11,13H,12H2,1H3,(H,24,25). The van der Waals surface area contributed by atoms with Crippen molar-refractivity contribution >= 4 is 44.9 Å². The average Bonchev–Trinajstić information content (AvgIpc) is 3.12. The van der Waals surface area contributed by atoms with Crippen LogP contribution in [0.15, 0.2) is 71.3 Å². The van der Waals surface area contributed by atoms with Crippen molar-refractivity contribution < 1.29 is 4.79 Å². The maximum atomic E-state index is 12.4. The Morgan fingerprint density at radius 1 is 1.11 bits per heavy atom. The van der Waals surface area contributed by atoms with E-state index >= 15 is 0 Å². The third kappa shape index (κ3) is 4.02. The molecule has 0 saturated heterocycles. The number of rotatable bonds is 5. The van der Waals surface area contributed by atoms with Crippen LogP contribution in [0.5, 0.6) is 0 Å². The van der Waals surface area contributed by atoms with Gasteiger partial charge in [0.05, 0.1) is 11.1 Å². The fraction of sp³-hybridized carbons (Fsp3) is 0.0952. The van der Waals surface area contributed by atoms with E-state index in [0.29, 0.717) is 5.75 Å². The Labute approximate surface area is 165 Å². The van der Waals surface area contributed by atoms with E-state index < -0.39 is 0 Å². The number of benzene rings is 2. The number of thioether (sulfide) groups is 1. The molecule has 0 saturated carbocycles. The maximum absolute atomic E-state index is 12.4. The van der Waals surface area contributed by atoms with Crippen molar-refractivity contribution in [1.29, 1.82) is 0 Å². The first kappa shape index (κ1) is 17.7. The van der Waals surface area contributed by atoms with Gasteiger partial charge in [0, 0.05) is 16.6 Å². The molecular weight excluding hydrogens is 374 g/mol. The minimum Gasteiger partial charge on any atom is -0.325 e. The highest BCUT2D eigenvalue weighted by Crippen LogP contribution is 2.37. The Kier molecular flexibility index (Phi) is 5.18. The van der Waals surface area contributed by atoms with Crippen molar-refractivity contribution in [2.24, 2.45) is 0 Å². The number of hydrogen-bond donors (Lipinski definition) is 1. The summed E-state index contributed by atoms with van der Waals surface area (Å²) >= 11 is 3.03. The van der Waals surface area contributed by atoms with Crippen molar-refractivity contribution in [1.82, 2.24) is 9.97 Å². The number of carbonyl (C=O) groups excluding carboxylic acids is 1. The van der Waals surface area contributed by atoms with Gasteiger partial charge in [-0.2, -0.15) is 0 Å². The Morgan fingerprint density at radius 3 is 2.78 bits per heavy atom. The normalized spacial score (nSPS) is 10.9. The van der Waals surface area contributed by atoms with Crippen LogP contribution < -0.4 is 5.32 Å². The first-order valence-corrected chi connectivity index (χ1v) is 10.3. The smallest absolute Gasteiger partial charge is 0.234 e. The summed E-state index contributed by atoms with van der Waals surface area (Å²) in [6.07, 6.45) is 1.56. The molecule has 0 fully saturated rings. The Bertz CT molecular complexity index is 1090. The second kappa shape index (κ2) is 7.90. The molecule has 4 nitrogen and oxygen atoms in total. The van der Waals surface area contributed by atoms with E-state index in [1.54, 1.807) is 17.7 Å². The summed E-state index contributed by atoms with van der Waals surface area (Å²) in [5.74, 6) is 0.248. The van der Waals surface area contributed by atoms with Crippen LogP contribution in [-0.2, 0) is 4.79 Å². The summed E-state index contributed by atoms with van der Waals surface area (Å²) in [4.78, 5) is 22.1. The van der Waals surface area contributed by atoms with Crippen LogP contribution in [0.2, 0.25) is 0 Å². The van der Waals surface area contributed by atoms with Crippen LogP contribution in [0.4, 0.5) is 5.69 Å². The number of nitrogens with zero attached hydrogens (tertiary/aromatic N) is 2. The summed E-state index contributed by atoms with van der Waals surface area (Å²) in [6, 6.07) is 18.0. The van der Waals surface area contributed by atoms with E-state index in [4.69, 9.17) is 0 Å².